The van der Waals surface area contributed by atoms with E-state index < -0.39 is 0 Å². The third-order valence-corrected chi connectivity index (χ3v) is 2.03. The van der Waals surface area contributed by atoms with Crippen LogP contribution in [0.15, 0.2) is 12.3 Å². The summed E-state index contributed by atoms with van der Waals surface area (Å²) in [5, 5.41) is 0. The van der Waals surface area contributed by atoms with E-state index in [0.29, 0.717) is 5.88 Å². The summed E-state index contributed by atoms with van der Waals surface area (Å²) < 4.78 is 0. The van der Waals surface area contributed by atoms with Gasteiger partial charge in [-0.25, -0.2) is 9.97 Å². The van der Waals surface area contributed by atoms with Crippen molar-refractivity contribution in [2.45, 2.75) is 12.8 Å². The lowest BCUT2D eigenvalue weighted by Gasteiger charge is -1.93. The van der Waals surface area contributed by atoms with Gasteiger partial charge >= 0.3 is 0 Å². The standard InChI is InChI=1S/C8H8ClN3/c1-5-11-7-6(4-9)2-3-10-8(7)12-5/h2-3H,4H2,1H3,(H,10,11,12). The monoisotopic (exact) mass is 181 g/mol. The first-order valence-corrected chi connectivity index (χ1v) is 4.21. The molecule has 0 aliphatic rings. The van der Waals surface area contributed by atoms with Crippen molar-refractivity contribution in [2.75, 3.05) is 0 Å². The first-order valence-electron chi connectivity index (χ1n) is 3.67. The van der Waals surface area contributed by atoms with Gasteiger partial charge in [-0.1, -0.05) is 0 Å². The molecule has 2 heterocycles. The predicted molar refractivity (Wildman–Crippen MR) is 48.2 cm³/mol. The van der Waals surface area contributed by atoms with Crippen molar-refractivity contribution in [3.63, 3.8) is 0 Å². The number of hydrogen-bond acceptors (Lipinski definition) is 2. The number of pyridine rings is 1. The van der Waals surface area contributed by atoms with Crippen molar-refractivity contribution in [2.24, 2.45) is 0 Å². The van der Waals surface area contributed by atoms with Gasteiger partial charge in [0.1, 0.15) is 5.82 Å². The molecular formula is C8H8ClN3. The Bertz CT molecular complexity index is 408. The molecule has 0 aromatic carbocycles. The summed E-state index contributed by atoms with van der Waals surface area (Å²) in [5.41, 5.74) is 2.73. The van der Waals surface area contributed by atoms with Crippen LogP contribution in [-0.4, -0.2) is 15.0 Å². The molecule has 0 amide bonds. The Balaban J connectivity index is 2.78. The Hall–Kier alpha value is -1.09. The Labute approximate surface area is 74.8 Å². The molecule has 12 heavy (non-hydrogen) atoms. The van der Waals surface area contributed by atoms with Crippen LogP contribution < -0.4 is 0 Å². The van der Waals surface area contributed by atoms with Gasteiger partial charge in [0.25, 0.3) is 0 Å². The number of imidazole rings is 1. The fourth-order valence-electron chi connectivity index (χ4n) is 1.19. The molecule has 1 N–H and O–H groups in total. The second kappa shape index (κ2) is 2.75. The topological polar surface area (TPSA) is 41.6 Å². The highest BCUT2D eigenvalue weighted by Crippen LogP contribution is 2.15. The van der Waals surface area contributed by atoms with Crippen molar-refractivity contribution < 1.29 is 0 Å². The van der Waals surface area contributed by atoms with Gasteiger partial charge in [-0.3, -0.25) is 0 Å². The average Bonchev–Trinajstić information content (AvgIpc) is 2.44. The van der Waals surface area contributed by atoms with Crippen molar-refractivity contribution >= 4 is 22.8 Å². The second-order valence-corrected chi connectivity index (χ2v) is 2.89. The number of halogens is 1. The maximum absolute atomic E-state index is 5.74. The van der Waals surface area contributed by atoms with Crippen LogP contribution in [0.3, 0.4) is 0 Å². The number of fused-ring (bicyclic) bond motifs is 1. The highest BCUT2D eigenvalue weighted by atomic mass is 35.5. The molecule has 0 saturated carbocycles. The van der Waals surface area contributed by atoms with E-state index in [1.165, 1.54) is 0 Å². The van der Waals surface area contributed by atoms with Gasteiger partial charge in [0.05, 0.1) is 5.52 Å². The first kappa shape index (κ1) is 7.55. The molecule has 0 aliphatic carbocycles. The minimum atomic E-state index is 0.487. The predicted octanol–water partition coefficient (Wildman–Crippen LogP) is 2.01. The first-order chi connectivity index (χ1) is 5.81. The molecule has 3 nitrogen and oxygen atoms in total. The molecule has 2 aromatic heterocycles. The van der Waals surface area contributed by atoms with E-state index in [2.05, 4.69) is 15.0 Å². The average molecular weight is 182 g/mol. The van der Waals surface area contributed by atoms with Gasteiger partial charge in [-0.2, -0.15) is 0 Å². The lowest BCUT2D eigenvalue weighted by atomic mass is 10.3. The third-order valence-electron chi connectivity index (χ3n) is 1.74. The van der Waals surface area contributed by atoms with E-state index >= 15 is 0 Å². The molecule has 62 valence electrons. The van der Waals surface area contributed by atoms with Crippen LogP contribution >= 0.6 is 11.6 Å². The largest absolute Gasteiger partial charge is 0.341 e. The lowest BCUT2D eigenvalue weighted by Crippen LogP contribution is -1.82. The highest BCUT2D eigenvalue weighted by molar-refractivity contribution is 6.17. The molecule has 0 fully saturated rings. The summed E-state index contributed by atoms with van der Waals surface area (Å²) in [5.74, 6) is 1.36. The number of hydrogen-bond donors (Lipinski definition) is 1. The smallest absolute Gasteiger partial charge is 0.177 e. The molecule has 0 saturated heterocycles. The summed E-state index contributed by atoms with van der Waals surface area (Å²) >= 11 is 5.74. The van der Waals surface area contributed by atoms with Crippen molar-refractivity contribution in [3.8, 4) is 0 Å². The maximum Gasteiger partial charge on any atom is 0.177 e. The molecule has 0 spiro atoms. The fraction of sp³-hybridized carbons (Fsp3) is 0.250. The van der Waals surface area contributed by atoms with E-state index in [-0.39, 0.29) is 0 Å². The summed E-state index contributed by atoms with van der Waals surface area (Å²) in [7, 11) is 0. The Morgan fingerprint density at radius 1 is 1.58 bits per heavy atom. The Kier molecular flexibility index (Phi) is 1.73. The third kappa shape index (κ3) is 1.06. The van der Waals surface area contributed by atoms with E-state index in [0.717, 1.165) is 22.6 Å². The van der Waals surface area contributed by atoms with Gasteiger partial charge < -0.3 is 4.98 Å². The SMILES string of the molecule is Cc1nc2nccc(CCl)c2[nH]1. The van der Waals surface area contributed by atoms with E-state index in [9.17, 15) is 0 Å². The molecule has 0 unspecified atom stereocenters. The van der Waals surface area contributed by atoms with Gasteiger partial charge in [0.15, 0.2) is 5.65 Å². The number of H-pyrrole nitrogens is 1. The quantitative estimate of drug-likeness (QED) is 0.684. The van der Waals surface area contributed by atoms with E-state index in [1.807, 2.05) is 13.0 Å². The summed E-state index contributed by atoms with van der Waals surface area (Å²) in [4.78, 5) is 11.4. The van der Waals surface area contributed by atoms with Crippen LogP contribution in [0.5, 0.6) is 0 Å². The van der Waals surface area contributed by atoms with Crippen molar-refractivity contribution in [3.05, 3.63) is 23.7 Å². The summed E-state index contributed by atoms with van der Waals surface area (Å²) in [6.45, 7) is 1.90. The zero-order valence-electron chi connectivity index (χ0n) is 6.63. The number of aromatic amines is 1. The Morgan fingerprint density at radius 3 is 3.17 bits per heavy atom. The molecule has 2 rings (SSSR count). The number of aryl methyl sites for hydroxylation is 1. The Morgan fingerprint density at radius 2 is 2.42 bits per heavy atom. The van der Waals surface area contributed by atoms with Crippen LogP contribution in [0.4, 0.5) is 0 Å². The van der Waals surface area contributed by atoms with Crippen molar-refractivity contribution in [1.82, 2.24) is 15.0 Å². The van der Waals surface area contributed by atoms with Crippen LogP contribution in [0.1, 0.15) is 11.4 Å². The minimum Gasteiger partial charge on any atom is -0.341 e. The van der Waals surface area contributed by atoms with Crippen LogP contribution in [0.25, 0.3) is 11.2 Å². The van der Waals surface area contributed by atoms with Crippen LogP contribution in [0.2, 0.25) is 0 Å². The zero-order chi connectivity index (χ0) is 8.55. The zero-order valence-corrected chi connectivity index (χ0v) is 7.39. The molecule has 4 heteroatoms. The van der Waals surface area contributed by atoms with Gasteiger partial charge in [0.2, 0.25) is 0 Å². The highest BCUT2D eigenvalue weighted by Gasteiger charge is 2.03. The molecule has 0 radical (unpaired) electrons. The molecule has 0 atom stereocenters. The minimum absolute atomic E-state index is 0.487. The van der Waals surface area contributed by atoms with Crippen LogP contribution in [0, 0.1) is 6.92 Å². The summed E-state index contributed by atoms with van der Waals surface area (Å²) in [6, 6.07) is 1.90. The summed E-state index contributed by atoms with van der Waals surface area (Å²) in [6.07, 6.45) is 1.72. The number of nitrogens with zero attached hydrogens (tertiary/aromatic N) is 2. The maximum atomic E-state index is 5.74. The molecule has 2 aromatic rings. The van der Waals surface area contributed by atoms with E-state index in [1.54, 1.807) is 6.20 Å². The van der Waals surface area contributed by atoms with Gasteiger partial charge in [-0.15, -0.1) is 11.6 Å². The second-order valence-electron chi connectivity index (χ2n) is 2.62. The number of alkyl halides is 1. The van der Waals surface area contributed by atoms with Crippen LogP contribution in [-0.2, 0) is 5.88 Å². The number of aromatic nitrogens is 3. The lowest BCUT2D eigenvalue weighted by molar-refractivity contribution is 1.16. The number of nitrogens with one attached hydrogen (secondary N) is 1. The molecule has 0 bridgehead atoms. The van der Waals surface area contributed by atoms with E-state index in [4.69, 9.17) is 11.6 Å². The molecule has 0 aliphatic heterocycles. The van der Waals surface area contributed by atoms with Gasteiger partial charge in [-0.05, 0) is 18.6 Å². The normalized spacial score (nSPS) is 10.8. The van der Waals surface area contributed by atoms with Crippen molar-refractivity contribution in [1.29, 1.82) is 0 Å². The fourth-order valence-corrected chi connectivity index (χ4v) is 1.41. The number of rotatable bonds is 1. The van der Waals surface area contributed by atoms with Gasteiger partial charge in [0, 0.05) is 12.1 Å². The molecular weight excluding hydrogens is 174 g/mol.